The zero-order valence-electron chi connectivity index (χ0n) is 13.5. The Bertz CT molecular complexity index is 797. The molecule has 1 unspecified atom stereocenters. The minimum Gasteiger partial charge on any atom is -0.339 e. The summed E-state index contributed by atoms with van der Waals surface area (Å²) in [5.41, 5.74) is 2.36. The van der Waals surface area contributed by atoms with Gasteiger partial charge >= 0.3 is 0 Å². The van der Waals surface area contributed by atoms with Gasteiger partial charge in [-0.3, -0.25) is 4.79 Å². The van der Waals surface area contributed by atoms with Gasteiger partial charge in [0.1, 0.15) is 6.17 Å². The van der Waals surface area contributed by atoms with E-state index in [0.717, 1.165) is 14.8 Å². The first kappa shape index (κ1) is 21.5. The molecule has 0 saturated heterocycles. The molecule has 0 heterocycles. The van der Waals surface area contributed by atoms with Crippen molar-refractivity contribution in [1.82, 2.24) is 10.6 Å². The van der Waals surface area contributed by atoms with Crippen molar-refractivity contribution < 1.29 is 4.79 Å². The van der Waals surface area contributed by atoms with E-state index in [1.807, 2.05) is 37.3 Å². The van der Waals surface area contributed by atoms with Gasteiger partial charge in [0.05, 0.1) is 0 Å². The number of thiocarbonyl (C=S) groups is 1. The van der Waals surface area contributed by atoms with E-state index in [0.29, 0.717) is 5.56 Å². The van der Waals surface area contributed by atoms with Crippen LogP contribution in [0.3, 0.4) is 0 Å². The second-order valence-electron chi connectivity index (χ2n) is 5.42. The fourth-order valence-electron chi connectivity index (χ4n) is 1.98. The maximum absolute atomic E-state index is 12.4. The topological polar surface area (TPSA) is 53.2 Å². The molecule has 9 heteroatoms. The Hall–Kier alpha value is -0.800. The Labute approximate surface area is 186 Å². The molecule has 2 rings (SSSR count). The maximum Gasteiger partial charge on any atom is 0.253 e. The van der Waals surface area contributed by atoms with Crippen molar-refractivity contribution >= 4 is 86.3 Å². The quantitative estimate of drug-likeness (QED) is 0.220. The van der Waals surface area contributed by atoms with Gasteiger partial charge in [0.2, 0.25) is 3.79 Å². The van der Waals surface area contributed by atoms with Crippen LogP contribution in [0.4, 0.5) is 5.69 Å². The lowest BCUT2D eigenvalue weighted by atomic mass is 10.2. The van der Waals surface area contributed by atoms with Gasteiger partial charge in [0.15, 0.2) is 5.11 Å². The summed E-state index contributed by atoms with van der Waals surface area (Å²) in [5.74, 6) is -0.384. The van der Waals surface area contributed by atoms with Crippen LogP contribution >= 0.6 is 69.6 Å². The Morgan fingerprint density at radius 2 is 1.77 bits per heavy atom. The number of hydrogen-bond donors (Lipinski definition) is 3. The summed E-state index contributed by atoms with van der Waals surface area (Å²) in [4.78, 5) is 12.4. The number of rotatable bonds is 4. The molecule has 0 aromatic heterocycles. The molecular weight excluding hydrogens is 528 g/mol. The van der Waals surface area contributed by atoms with E-state index in [1.165, 1.54) is 0 Å². The van der Waals surface area contributed by atoms with Crippen LogP contribution in [-0.2, 0) is 0 Å². The van der Waals surface area contributed by atoms with Gasteiger partial charge in [0, 0.05) is 14.8 Å². The first-order valence-electron chi connectivity index (χ1n) is 7.42. The lowest BCUT2D eigenvalue weighted by Gasteiger charge is -2.27. The van der Waals surface area contributed by atoms with Gasteiger partial charge in [-0.1, -0.05) is 58.6 Å². The number of nitrogens with one attached hydrogen (secondary N) is 3. The van der Waals surface area contributed by atoms with Crippen LogP contribution in [0.1, 0.15) is 15.9 Å². The van der Waals surface area contributed by atoms with Crippen molar-refractivity contribution in [3.05, 3.63) is 63.2 Å². The van der Waals surface area contributed by atoms with E-state index in [9.17, 15) is 4.79 Å². The number of anilines is 1. The van der Waals surface area contributed by atoms with Gasteiger partial charge in [-0.2, -0.15) is 0 Å². The summed E-state index contributed by atoms with van der Waals surface area (Å²) in [7, 11) is 0. The Balaban J connectivity index is 2.06. The van der Waals surface area contributed by atoms with Gasteiger partial charge in [0.25, 0.3) is 5.91 Å². The van der Waals surface area contributed by atoms with Crippen molar-refractivity contribution in [2.24, 2.45) is 0 Å². The largest absolute Gasteiger partial charge is 0.339 e. The summed E-state index contributed by atoms with van der Waals surface area (Å²) in [6.07, 6.45) is -1.02. The molecule has 4 nitrogen and oxygen atoms in total. The third-order valence-electron chi connectivity index (χ3n) is 3.27. The molecule has 1 atom stereocenters. The lowest BCUT2D eigenvalue weighted by molar-refractivity contribution is 0.0934. The molecule has 1 amide bonds. The van der Waals surface area contributed by atoms with Gasteiger partial charge in [-0.25, -0.2) is 0 Å². The predicted octanol–water partition coefficient (Wildman–Crippen LogP) is 5.01. The zero-order valence-corrected chi connectivity index (χ0v) is 18.8. The van der Waals surface area contributed by atoms with E-state index in [2.05, 4.69) is 38.5 Å². The molecule has 26 heavy (non-hydrogen) atoms. The standard InChI is InChI=1S/C17H15Cl3IN3OS/c1-10-5-7-13(8-6-10)22-16(26)24-15(17(18,19)20)23-14(25)11-3-2-4-12(21)9-11/h2-9,15H,1H3,(H,23,25)(H2,22,24,26). The molecular formula is C17H15Cl3IN3OS. The number of hydrogen-bond acceptors (Lipinski definition) is 2. The molecule has 0 saturated carbocycles. The maximum atomic E-state index is 12.4. The molecule has 3 N–H and O–H groups in total. The van der Waals surface area contributed by atoms with Crippen molar-refractivity contribution in [2.45, 2.75) is 16.9 Å². The molecule has 0 aliphatic heterocycles. The molecule has 2 aromatic rings. The molecule has 0 aliphatic carbocycles. The number of benzene rings is 2. The highest BCUT2D eigenvalue weighted by Crippen LogP contribution is 2.29. The van der Waals surface area contributed by atoms with Crippen molar-refractivity contribution in [3.63, 3.8) is 0 Å². The smallest absolute Gasteiger partial charge is 0.253 e. The summed E-state index contributed by atoms with van der Waals surface area (Å²) in [6.45, 7) is 1.99. The average molecular weight is 543 g/mol. The molecule has 2 aromatic carbocycles. The summed E-state index contributed by atoms with van der Waals surface area (Å²) >= 11 is 25.4. The molecule has 0 bridgehead atoms. The van der Waals surface area contributed by atoms with Gasteiger partial charge in [-0.05, 0) is 72.1 Å². The number of alkyl halides is 3. The molecule has 0 spiro atoms. The Kier molecular flexibility index (Phi) is 7.78. The fraction of sp³-hybridized carbons (Fsp3) is 0.176. The SMILES string of the molecule is Cc1ccc(NC(=S)NC(NC(=O)c2cccc(I)c2)C(Cl)(Cl)Cl)cc1. The van der Waals surface area contributed by atoms with E-state index in [1.54, 1.807) is 18.2 Å². The van der Waals surface area contributed by atoms with Gasteiger partial charge < -0.3 is 16.0 Å². The van der Waals surface area contributed by atoms with E-state index < -0.39 is 9.96 Å². The summed E-state index contributed by atoms with van der Waals surface area (Å²) in [5, 5.41) is 8.68. The molecule has 0 aliphatic rings. The Morgan fingerprint density at radius 1 is 1.12 bits per heavy atom. The van der Waals surface area contributed by atoms with Crippen LogP contribution < -0.4 is 16.0 Å². The minimum atomic E-state index is -1.81. The average Bonchev–Trinajstić information content (AvgIpc) is 2.55. The zero-order chi connectivity index (χ0) is 19.3. The monoisotopic (exact) mass is 541 g/mol. The number of aryl methyl sites for hydroxylation is 1. The highest BCUT2D eigenvalue weighted by molar-refractivity contribution is 14.1. The Morgan fingerprint density at radius 3 is 2.35 bits per heavy atom. The number of halogens is 4. The van der Waals surface area contributed by atoms with Crippen molar-refractivity contribution in [1.29, 1.82) is 0 Å². The van der Waals surface area contributed by atoms with E-state index >= 15 is 0 Å². The third-order valence-corrected chi connectivity index (χ3v) is 4.82. The number of amides is 1. The van der Waals surface area contributed by atoms with Crippen LogP contribution in [0.15, 0.2) is 48.5 Å². The number of carbonyl (C=O) groups excluding carboxylic acids is 1. The van der Waals surface area contributed by atoms with Crippen LogP contribution in [0.2, 0.25) is 0 Å². The van der Waals surface area contributed by atoms with Crippen LogP contribution in [0.5, 0.6) is 0 Å². The van der Waals surface area contributed by atoms with Crippen LogP contribution in [-0.4, -0.2) is 21.0 Å². The second kappa shape index (κ2) is 9.41. The predicted molar refractivity (Wildman–Crippen MR) is 121 cm³/mol. The van der Waals surface area contributed by atoms with Crippen LogP contribution in [0, 0.1) is 10.5 Å². The summed E-state index contributed by atoms with van der Waals surface area (Å²) < 4.78 is -0.887. The van der Waals surface area contributed by atoms with Crippen LogP contribution in [0.25, 0.3) is 0 Å². The second-order valence-corrected chi connectivity index (χ2v) is 9.45. The van der Waals surface area contributed by atoms with Crippen molar-refractivity contribution in [3.8, 4) is 0 Å². The highest BCUT2D eigenvalue weighted by atomic mass is 127. The van der Waals surface area contributed by atoms with E-state index in [4.69, 9.17) is 47.0 Å². The first-order chi connectivity index (χ1) is 12.1. The molecule has 0 fully saturated rings. The first-order valence-corrected chi connectivity index (χ1v) is 10.0. The highest BCUT2D eigenvalue weighted by Gasteiger charge is 2.34. The summed E-state index contributed by atoms with van der Waals surface area (Å²) in [6, 6.07) is 14.7. The molecule has 0 radical (unpaired) electrons. The van der Waals surface area contributed by atoms with Crippen molar-refractivity contribution in [2.75, 3.05) is 5.32 Å². The van der Waals surface area contributed by atoms with E-state index in [-0.39, 0.29) is 11.0 Å². The van der Waals surface area contributed by atoms with Gasteiger partial charge in [-0.15, -0.1) is 0 Å². The minimum absolute atomic E-state index is 0.216. The molecule has 138 valence electrons. The normalized spacial score (nSPS) is 12.2. The third kappa shape index (κ3) is 6.74. The number of carbonyl (C=O) groups is 1. The lowest BCUT2D eigenvalue weighted by Crippen LogP contribution is -2.56. The fourth-order valence-corrected chi connectivity index (χ4v) is 3.09.